The van der Waals surface area contributed by atoms with Crippen molar-refractivity contribution in [1.82, 2.24) is 35.7 Å². The van der Waals surface area contributed by atoms with Gasteiger partial charge in [-0.05, 0) is 50.3 Å². The van der Waals surface area contributed by atoms with Crippen molar-refractivity contribution in [2.24, 2.45) is 5.92 Å². The van der Waals surface area contributed by atoms with Crippen molar-refractivity contribution in [3.63, 3.8) is 0 Å². The van der Waals surface area contributed by atoms with Crippen molar-refractivity contribution < 1.29 is 19.2 Å². The first-order valence-corrected chi connectivity index (χ1v) is 17.4. The van der Waals surface area contributed by atoms with Gasteiger partial charge in [0, 0.05) is 23.8 Å². The van der Waals surface area contributed by atoms with E-state index in [1.54, 1.807) is 15.7 Å². The van der Waals surface area contributed by atoms with Crippen LogP contribution in [-0.2, 0) is 16.0 Å². The van der Waals surface area contributed by atoms with Crippen LogP contribution in [0.5, 0.6) is 0 Å². The highest BCUT2D eigenvalue weighted by Gasteiger charge is 2.28. The molecule has 1 fully saturated rings. The quantitative estimate of drug-likeness (QED) is 0.384. The van der Waals surface area contributed by atoms with E-state index in [1.165, 1.54) is 22.7 Å². The summed E-state index contributed by atoms with van der Waals surface area (Å²) < 4.78 is 0. The highest BCUT2D eigenvalue weighted by atomic mass is 32.1. The molecule has 2 aliphatic heterocycles. The SMILES string of the molecule is CC(C)[C@@H]1NC(=O)c2csc(n2)[C@H](Cc2ccccc2)NC(=O)CN(C(=O)CN2CCCCC2)CCCNC(=O)c2csc1n2. The minimum Gasteiger partial charge on any atom is -0.351 e. The summed E-state index contributed by atoms with van der Waals surface area (Å²) >= 11 is 2.65. The molecule has 2 aliphatic rings. The fraction of sp³-hybridized carbons (Fsp3) is 0.500. The molecule has 3 N–H and O–H groups in total. The summed E-state index contributed by atoms with van der Waals surface area (Å²) in [7, 11) is 0. The molecule has 0 radical (unpaired) electrons. The number of aromatic nitrogens is 2. The molecule has 3 aromatic rings. The van der Waals surface area contributed by atoms with Gasteiger partial charge in [-0.3, -0.25) is 24.1 Å². The lowest BCUT2D eigenvalue weighted by Crippen LogP contribution is -2.47. The standard InChI is InChI=1S/C32H41N7O4S2/c1-21(2)28-32-36-24(19-45-32)29(42)33-12-9-15-39(27(41)18-38-13-7-4-8-14-38)17-26(40)34-23(16-22-10-5-3-6-11-22)31-35-25(20-44-31)30(43)37-28/h3,5-6,10-11,19-21,23,28H,4,7-9,12-18H2,1-2H3,(H,33,42)(H,34,40)(H,37,43)/t23-,28-/m0/s1. The normalized spacial score (nSPS) is 20.9. The van der Waals surface area contributed by atoms with Gasteiger partial charge in [0.25, 0.3) is 11.8 Å². The number of likely N-dealkylation sites (tertiary alicyclic amines) is 1. The molecule has 45 heavy (non-hydrogen) atoms. The first-order chi connectivity index (χ1) is 21.8. The van der Waals surface area contributed by atoms with Crippen LogP contribution in [0.15, 0.2) is 41.1 Å². The second-order valence-electron chi connectivity index (χ2n) is 11.9. The number of hydrogen-bond donors (Lipinski definition) is 3. The largest absolute Gasteiger partial charge is 0.351 e. The average Bonchev–Trinajstić information content (AvgIpc) is 3.72. The minimum atomic E-state index is -0.491. The third-order valence-electron chi connectivity index (χ3n) is 8.03. The number of thiazole rings is 2. The summed E-state index contributed by atoms with van der Waals surface area (Å²) in [5.74, 6) is -1.07. The third-order valence-corrected chi connectivity index (χ3v) is 9.92. The first-order valence-electron chi connectivity index (χ1n) is 15.6. The molecule has 2 aromatic heterocycles. The Hall–Kier alpha value is -3.68. The van der Waals surface area contributed by atoms with Crippen molar-refractivity contribution in [3.8, 4) is 0 Å². The van der Waals surface area contributed by atoms with Crippen LogP contribution in [-0.4, -0.2) is 82.7 Å². The first kappa shape index (κ1) is 32.7. The molecule has 11 nitrogen and oxygen atoms in total. The van der Waals surface area contributed by atoms with Gasteiger partial charge in [-0.25, -0.2) is 9.97 Å². The zero-order valence-corrected chi connectivity index (χ0v) is 27.4. The van der Waals surface area contributed by atoms with Crippen LogP contribution in [0, 0.1) is 5.92 Å². The maximum absolute atomic E-state index is 13.6. The predicted molar refractivity (Wildman–Crippen MR) is 174 cm³/mol. The van der Waals surface area contributed by atoms with Crippen LogP contribution in [0.4, 0.5) is 0 Å². The van der Waals surface area contributed by atoms with Crippen LogP contribution < -0.4 is 16.0 Å². The molecule has 240 valence electrons. The fourth-order valence-corrected chi connectivity index (χ4v) is 7.41. The molecule has 0 aliphatic carbocycles. The zero-order valence-electron chi connectivity index (χ0n) is 25.8. The molecule has 1 aromatic carbocycles. The molecule has 0 unspecified atom stereocenters. The van der Waals surface area contributed by atoms with Gasteiger partial charge >= 0.3 is 0 Å². The molecule has 13 heteroatoms. The van der Waals surface area contributed by atoms with Crippen molar-refractivity contribution in [3.05, 3.63) is 68.1 Å². The van der Waals surface area contributed by atoms with Crippen LogP contribution in [0.1, 0.15) is 88.2 Å². The zero-order chi connectivity index (χ0) is 31.8. The number of carbonyl (C=O) groups excluding carboxylic acids is 4. The summed E-state index contributed by atoms with van der Waals surface area (Å²) in [6.07, 6.45) is 4.25. The Morgan fingerprint density at radius 3 is 2.31 bits per heavy atom. The summed E-state index contributed by atoms with van der Waals surface area (Å²) in [5.41, 5.74) is 1.54. The van der Waals surface area contributed by atoms with Gasteiger partial charge < -0.3 is 20.9 Å². The topological polar surface area (TPSA) is 137 Å². The molecule has 4 bridgehead atoms. The van der Waals surface area contributed by atoms with E-state index in [-0.39, 0.29) is 54.0 Å². The fourth-order valence-electron chi connectivity index (χ4n) is 5.54. The number of carbonyl (C=O) groups is 4. The number of piperidine rings is 1. The Balaban J connectivity index is 1.42. The van der Waals surface area contributed by atoms with E-state index in [4.69, 9.17) is 0 Å². The Kier molecular flexibility index (Phi) is 11.3. The Bertz CT molecular complexity index is 1470. The maximum Gasteiger partial charge on any atom is 0.271 e. The summed E-state index contributed by atoms with van der Waals surface area (Å²) in [5, 5.41) is 13.7. The average molecular weight is 652 g/mol. The summed E-state index contributed by atoms with van der Waals surface area (Å²) in [6.45, 7) is 6.50. The van der Waals surface area contributed by atoms with E-state index in [0.717, 1.165) is 37.9 Å². The van der Waals surface area contributed by atoms with Crippen molar-refractivity contribution in [2.75, 3.05) is 39.3 Å². The van der Waals surface area contributed by atoms with E-state index in [0.29, 0.717) is 35.9 Å². The van der Waals surface area contributed by atoms with Crippen LogP contribution in [0.2, 0.25) is 0 Å². The Labute approximate surface area is 271 Å². The molecule has 1 saturated heterocycles. The number of benzene rings is 1. The molecule has 4 heterocycles. The lowest BCUT2D eigenvalue weighted by atomic mass is 10.0. The Morgan fingerprint density at radius 2 is 1.58 bits per heavy atom. The van der Waals surface area contributed by atoms with Crippen LogP contribution in [0.3, 0.4) is 0 Å². The predicted octanol–water partition coefficient (Wildman–Crippen LogP) is 3.57. The molecule has 0 spiro atoms. The van der Waals surface area contributed by atoms with E-state index in [9.17, 15) is 19.2 Å². The number of nitrogens with one attached hydrogen (secondary N) is 3. The number of hydrogen-bond acceptors (Lipinski definition) is 9. The monoisotopic (exact) mass is 651 g/mol. The molecule has 5 rings (SSSR count). The van der Waals surface area contributed by atoms with Crippen LogP contribution >= 0.6 is 22.7 Å². The van der Waals surface area contributed by atoms with Crippen molar-refractivity contribution in [1.29, 1.82) is 0 Å². The highest BCUT2D eigenvalue weighted by molar-refractivity contribution is 7.10. The second-order valence-corrected chi connectivity index (χ2v) is 13.7. The van der Waals surface area contributed by atoms with Gasteiger partial charge in [0.2, 0.25) is 11.8 Å². The van der Waals surface area contributed by atoms with Gasteiger partial charge in [-0.15, -0.1) is 22.7 Å². The van der Waals surface area contributed by atoms with E-state index >= 15 is 0 Å². The number of fused-ring (bicyclic) bond motifs is 4. The molecule has 0 saturated carbocycles. The lowest BCUT2D eigenvalue weighted by Gasteiger charge is -2.30. The van der Waals surface area contributed by atoms with E-state index in [1.807, 2.05) is 44.2 Å². The molecule has 2 atom stereocenters. The Morgan fingerprint density at radius 1 is 0.889 bits per heavy atom. The van der Waals surface area contributed by atoms with E-state index in [2.05, 4.69) is 30.8 Å². The van der Waals surface area contributed by atoms with Gasteiger partial charge in [0.1, 0.15) is 21.4 Å². The lowest BCUT2D eigenvalue weighted by molar-refractivity contribution is -0.137. The number of nitrogens with zero attached hydrogens (tertiary/aromatic N) is 4. The van der Waals surface area contributed by atoms with Gasteiger partial charge in [0.15, 0.2) is 0 Å². The summed E-state index contributed by atoms with van der Waals surface area (Å²) in [4.78, 5) is 66.2. The van der Waals surface area contributed by atoms with Gasteiger partial charge in [-0.2, -0.15) is 0 Å². The van der Waals surface area contributed by atoms with E-state index < -0.39 is 12.1 Å². The van der Waals surface area contributed by atoms with Crippen molar-refractivity contribution in [2.45, 2.75) is 58.0 Å². The van der Waals surface area contributed by atoms with Gasteiger partial charge in [-0.1, -0.05) is 50.6 Å². The summed E-state index contributed by atoms with van der Waals surface area (Å²) in [6, 6.07) is 8.89. The minimum absolute atomic E-state index is 0.0156. The highest BCUT2D eigenvalue weighted by Crippen LogP contribution is 2.27. The number of rotatable bonds is 5. The second kappa shape index (κ2) is 15.5. The third kappa shape index (κ3) is 8.95. The molecular weight excluding hydrogens is 611 g/mol. The van der Waals surface area contributed by atoms with Crippen molar-refractivity contribution >= 4 is 46.3 Å². The number of amides is 4. The molecular formula is C32H41N7O4S2. The smallest absolute Gasteiger partial charge is 0.271 e. The maximum atomic E-state index is 13.6. The molecule has 4 amide bonds. The van der Waals surface area contributed by atoms with Crippen LogP contribution in [0.25, 0.3) is 0 Å². The van der Waals surface area contributed by atoms with Gasteiger partial charge in [0.05, 0.1) is 25.2 Å².